The lowest BCUT2D eigenvalue weighted by atomic mass is 10.0. The Labute approximate surface area is 155 Å². The van der Waals surface area contributed by atoms with Crippen LogP contribution >= 0.6 is 11.8 Å². The van der Waals surface area contributed by atoms with E-state index >= 15 is 0 Å². The molecule has 11 heteroatoms. The van der Waals surface area contributed by atoms with E-state index in [9.17, 15) is 5.11 Å². The maximum absolute atomic E-state index is 9.56. The second-order valence-electron chi connectivity index (χ2n) is 6.46. The highest BCUT2D eigenvalue weighted by atomic mass is 32.2. The van der Waals surface area contributed by atoms with E-state index in [1.54, 1.807) is 16.4 Å². The first-order valence-electron chi connectivity index (χ1n) is 8.68. The van der Waals surface area contributed by atoms with Crippen molar-refractivity contribution in [2.24, 2.45) is 7.05 Å². The third-order valence-electron chi connectivity index (χ3n) is 4.45. The number of nitrogens with one attached hydrogen (secondary N) is 1. The van der Waals surface area contributed by atoms with Crippen LogP contribution in [0.1, 0.15) is 18.0 Å². The standard InChI is InChI=1S/C15H22N8O2S/c1-22-15(19-20-21-22)26-5-3-16-13-6-12(10-2-4-25-9-10)17-14(18-13)23-7-11(24)8-23/h6,10-11,24H,2-5,7-9H2,1H3,(H,16,17,18)/t10-/m1/s1. The second kappa shape index (κ2) is 7.72. The quantitative estimate of drug-likeness (QED) is 0.499. The van der Waals surface area contributed by atoms with Crippen LogP contribution in [-0.4, -0.2) is 80.0 Å². The molecule has 2 aliphatic rings. The molecule has 0 aliphatic carbocycles. The fourth-order valence-corrected chi connectivity index (χ4v) is 3.65. The number of ether oxygens (including phenoxy) is 1. The Morgan fingerprint density at radius 1 is 1.38 bits per heavy atom. The van der Waals surface area contributed by atoms with Gasteiger partial charge in [-0.3, -0.25) is 0 Å². The van der Waals surface area contributed by atoms with Gasteiger partial charge in [0.25, 0.3) is 0 Å². The number of hydrogen-bond donors (Lipinski definition) is 2. The van der Waals surface area contributed by atoms with E-state index in [0.29, 0.717) is 31.6 Å². The smallest absolute Gasteiger partial charge is 0.227 e. The van der Waals surface area contributed by atoms with Crippen molar-refractivity contribution >= 4 is 23.5 Å². The van der Waals surface area contributed by atoms with Crippen molar-refractivity contribution in [3.63, 3.8) is 0 Å². The molecule has 10 nitrogen and oxygen atoms in total. The Bertz CT molecular complexity index is 745. The van der Waals surface area contributed by atoms with Crippen LogP contribution in [0.3, 0.4) is 0 Å². The first-order chi connectivity index (χ1) is 12.7. The third-order valence-corrected chi connectivity index (χ3v) is 5.46. The van der Waals surface area contributed by atoms with Gasteiger partial charge in [-0.2, -0.15) is 4.98 Å². The molecule has 26 heavy (non-hydrogen) atoms. The van der Waals surface area contributed by atoms with Crippen LogP contribution in [-0.2, 0) is 11.8 Å². The zero-order chi connectivity index (χ0) is 17.9. The normalized spacial score (nSPS) is 20.4. The van der Waals surface area contributed by atoms with Gasteiger partial charge in [-0.25, -0.2) is 9.67 Å². The summed E-state index contributed by atoms with van der Waals surface area (Å²) in [6.45, 7) is 3.38. The molecular formula is C15H22N8O2S. The molecule has 2 aliphatic heterocycles. The highest BCUT2D eigenvalue weighted by molar-refractivity contribution is 7.99. The molecule has 1 atom stereocenters. The number of aliphatic hydroxyl groups excluding tert-OH is 1. The highest BCUT2D eigenvalue weighted by Crippen LogP contribution is 2.28. The summed E-state index contributed by atoms with van der Waals surface area (Å²) in [5.41, 5.74) is 1.00. The minimum absolute atomic E-state index is 0.287. The average Bonchev–Trinajstić information content (AvgIpc) is 3.28. The summed E-state index contributed by atoms with van der Waals surface area (Å²) in [5, 5.41) is 25.1. The predicted octanol–water partition coefficient (Wildman–Crippen LogP) is -0.111. The maximum Gasteiger partial charge on any atom is 0.227 e. The van der Waals surface area contributed by atoms with E-state index in [-0.39, 0.29) is 6.10 Å². The molecule has 0 radical (unpaired) electrons. The van der Waals surface area contributed by atoms with E-state index in [4.69, 9.17) is 9.72 Å². The van der Waals surface area contributed by atoms with Crippen molar-refractivity contribution in [2.75, 3.05) is 48.8 Å². The van der Waals surface area contributed by atoms with Crippen LogP contribution < -0.4 is 10.2 Å². The molecule has 0 unspecified atom stereocenters. The Morgan fingerprint density at radius 2 is 2.27 bits per heavy atom. The summed E-state index contributed by atoms with van der Waals surface area (Å²) in [6, 6.07) is 2.01. The number of anilines is 2. The zero-order valence-corrected chi connectivity index (χ0v) is 15.4. The SMILES string of the molecule is Cn1nnnc1SCCNc1cc([C@@H]2CCOC2)nc(N2CC(O)C2)n1. The number of nitrogens with zero attached hydrogens (tertiary/aromatic N) is 7. The molecule has 2 N–H and O–H groups in total. The number of aryl methyl sites for hydroxylation is 1. The molecular weight excluding hydrogens is 356 g/mol. The van der Waals surface area contributed by atoms with Crippen LogP contribution in [0.25, 0.3) is 0 Å². The monoisotopic (exact) mass is 378 g/mol. The number of aliphatic hydroxyl groups is 1. The van der Waals surface area contributed by atoms with Gasteiger partial charge in [0.15, 0.2) is 0 Å². The van der Waals surface area contributed by atoms with Gasteiger partial charge in [-0.15, -0.1) is 5.10 Å². The zero-order valence-electron chi connectivity index (χ0n) is 14.6. The fraction of sp³-hybridized carbons (Fsp3) is 0.667. The summed E-state index contributed by atoms with van der Waals surface area (Å²) in [5.74, 6) is 2.60. The summed E-state index contributed by atoms with van der Waals surface area (Å²) < 4.78 is 7.15. The highest BCUT2D eigenvalue weighted by Gasteiger charge is 2.28. The molecule has 2 aromatic rings. The minimum atomic E-state index is -0.287. The first-order valence-corrected chi connectivity index (χ1v) is 9.66. The van der Waals surface area contributed by atoms with Crippen molar-refractivity contribution in [1.29, 1.82) is 0 Å². The molecule has 2 fully saturated rings. The van der Waals surface area contributed by atoms with Crippen molar-refractivity contribution in [2.45, 2.75) is 23.6 Å². The molecule has 2 saturated heterocycles. The number of tetrazole rings is 1. The van der Waals surface area contributed by atoms with Gasteiger partial charge in [0.1, 0.15) is 5.82 Å². The van der Waals surface area contributed by atoms with Gasteiger partial charge < -0.3 is 20.1 Å². The van der Waals surface area contributed by atoms with Crippen LogP contribution in [0.2, 0.25) is 0 Å². The van der Waals surface area contributed by atoms with Crippen LogP contribution in [0, 0.1) is 0 Å². The predicted molar refractivity (Wildman–Crippen MR) is 96.4 cm³/mol. The van der Waals surface area contributed by atoms with E-state index in [0.717, 1.165) is 42.0 Å². The molecule has 140 valence electrons. The lowest BCUT2D eigenvalue weighted by Gasteiger charge is -2.36. The number of thioether (sulfide) groups is 1. The van der Waals surface area contributed by atoms with Crippen LogP contribution in [0.5, 0.6) is 0 Å². The van der Waals surface area contributed by atoms with Crippen LogP contribution in [0.4, 0.5) is 11.8 Å². The summed E-state index contributed by atoms with van der Waals surface area (Å²) >= 11 is 1.59. The molecule has 0 amide bonds. The number of rotatable bonds is 7. The van der Waals surface area contributed by atoms with Crippen molar-refractivity contribution in [3.05, 3.63) is 11.8 Å². The Kier molecular flexibility index (Phi) is 5.18. The largest absolute Gasteiger partial charge is 0.389 e. The number of aromatic nitrogens is 6. The fourth-order valence-electron chi connectivity index (χ4n) is 2.95. The molecule has 0 bridgehead atoms. The number of hydrogen-bond acceptors (Lipinski definition) is 10. The maximum atomic E-state index is 9.56. The summed E-state index contributed by atoms with van der Waals surface area (Å²) in [4.78, 5) is 11.3. The van der Waals surface area contributed by atoms with E-state index in [2.05, 4.69) is 25.8 Å². The minimum Gasteiger partial charge on any atom is -0.389 e. The molecule has 4 rings (SSSR count). The van der Waals surface area contributed by atoms with E-state index in [1.807, 2.05) is 18.0 Å². The molecule has 4 heterocycles. The lowest BCUT2D eigenvalue weighted by Crippen LogP contribution is -2.51. The topological polar surface area (TPSA) is 114 Å². The van der Waals surface area contributed by atoms with Gasteiger partial charge in [-0.1, -0.05) is 11.8 Å². The van der Waals surface area contributed by atoms with Crippen molar-refractivity contribution < 1.29 is 9.84 Å². The summed E-state index contributed by atoms with van der Waals surface area (Å²) in [6.07, 6.45) is 0.693. The van der Waals surface area contributed by atoms with E-state index < -0.39 is 0 Å². The molecule has 0 spiro atoms. The van der Waals surface area contributed by atoms with Gasteiger partial charge in [0.05, 0.1) is 18.4 Å². The van der Waals surface area contributed by atoms with Crippen LogP contribution in [0.15, 0.2) is 11.2 Å². The van der Waals surface area contributed by atoms with Gasteiger partial charge >= 0.3 is 0 Å². The molecule has 0 saturated carbocycles. The third kappa shape index (κ3) is 3.89. The Hall–Kier alpha value is -1.98. The van der Waals surface area contributed by atoms with E-state index in [1.165, 1.54) is 0 Å². The lowest BCUT2D eigenvalue weighted by molar-refractivity contribution is 0.140. The molecule has 2 aromatic heterocycles. The Morgan fingerprint density at radius 3 is 2.96 bits per heavy atom. The summed E-state index contributed by atoms with van der Waals surface area (Å²) in [7, 11) is 1.82. The molecule has 0 aromatic carbocycles. The van der Waals surface area contributed by atoms with Gasteiger partial charge in [0, 0.05) is 51.0 Å². The van der Waals surface area contributed by atoms with Gasteiger partial charge in [0.2, 0.25) is 11.1 Å². The second-order valence-corrected chi connectivity index (χ2v) is 7.52. The Balaban J connectivity index is 1.41. The van der Waals surface area contributed by atoms with Crippen molar-refractivity contribution in [1.82, 2.24) is 30.2 Å². The first kappa shape index (κ1) is 17.4. The van der Waals surface area contributed by atoms with Crippen molar-refractivity contribution in [3.8, 4) is 0 Å². The average molecular weight is 378 g/mol. The van der Waals surface area contributed by atoms with Gasteiger partial charge in [-0.05, 0) is 16.8 Å². The number of β-amino-alcohol motifs (C(OH)–C–C–N with tert-alkyl or cyclic N) is 1.